The normalized spacial score (nSPS) is 14.6. The molecule has 1 N–H and O–H groups in total. The van der Waals surface area contributed by atoms with E-state index >= 15 is 0 Å². The molecule has 1 aromatic carbocycles. The highest BCUT2D eigenvalue weighted by Crippen LogP contribution is 2.18. The molecule has 100 valence electrons. The molecule has 1 aromatic rings. The Kier molecular flexibility index (Phi) is 5.56. The summed E-state index contributed by atoms with van der Waals surface area (Å²) in [6.07, 6.45) is 0. The molecule has 1 heterocycles. The van der Waals surface area contributed by atoms with Crippen molar-refractivity contribution in [3.63, 3.8) is 0 Å². The minimum atomic E-state index is -0.278. The van der Waals surface area contributed by atoms with E-state index in [-0.39, 0.29) is 30.0 Å². The van der Waals surface area contributed by atoms with Gasteiger partial charge in [-0.3, -0.25) is 4.79 Å². The van der Waals surface area contributed by atoms with Gasteiger partial charge in [0.25, 0.3) is 0 Å². The SMILES string of the molecule is CN(Cc1cc(Br)ccc1F)C(=O)C1CNC1.Cl. The van der Waals surface area contributed by atoms with Gasteiger partial charge in [-0.05, 0) is 18.2 Å². The zero-order chi connectivity index (χ0) is 12.4. The molecule has 2 rings (SSSR count). The molecule has 0 spiro atoms. The Labute approximate surface area is 120 Å². The van der Waals surface area contributed by atoms with Gasteiger partial charge in [-0.15, -0.1) is 12.4 Å². The van der Waals surface area contributed by atoms with Gasteiger partial charge in [0, 0.05) is 36.7 Å². The summed E-state index contributed by atoms with van der Waals surface area (Å²) >= 11 is 3.30. The first-order valence-electron chi connectivity index (χ1n) is 5.47. The van der Waals surface area contributed by atoms with E-state index in [1.54, 1.807) is 24.1 Å². The molecule has 1 aliphatic rings. The summed E-state index contributed by atoms with van der Waals surface area (Å²) < 4.78 is 14.3. The second kappa shape index (κ2) is 6.50. The van der Waals surface area contributed by atoms with E-state index < -0.39 is 0 Å². The van der Waals surface area contributed by atoms with Crippen LogP contribution in [0.15, 0.2) is 22.7 Å². The zero-order valence-corrected chi connectivity index (χ0v) is 12.4. The van der Waals surface area contributed by atoms with Gasteiger partial charge in [-0.25, -0.2) is 4.39 Å². The van der Waals surface area contributed by atoms with Crippen LogP contribution < -0.4 is 5.32 Å². The van der Waals surface area contributed by atoms with Crippen LogP contribution in [0.1, 0.15) is 5.56 Å². The highest BCUT2D eigenvalue weighted by atomic mass is 79.9. The Morgan fingerprint density at radius 3 is 2.78 bits per heavy atom. The molecule has 0 radical (unpaired) electrons. The van der Waals surface area contributed by atoms with E-state index in [0.717, 1.165) is 17.6 Å². The van der Waals surface area contributed by atoms with Crippen LogP contribution >= 0.6 is 28.3 Å². The van der Waals surface area contributed by atoms with E-state index in [0.29, 0.717) is 12.1 Å². The number of amides is 1. The van der Waals surface area contributed by atoms with Crippen LogP contribution in [0.25, 0.3) is 0 Å². The minimum Gasteiger partial charge on any atom is -0.341 e. The molecule has 6 heteroatoms. The van der Waals surface area contributed by atoms with Crippen LogP contribution in [0.5, 0.6) is 0 Å². The molecule has 1 saturated heterocycles. The van der Waals surface area contributed by atoms with Gasteiger partial charge >= 0.3 is 0 Å². The molecule has 3 nitrogen and oxygen atoms in total. The van der Waals surface area contributed by atoms with Gasteiger partial charge in [-0.1, -0.05) is 15.9 Å². The number of hydrogen-bond acceptors (Lipinski definition) is 2. The van der Waals surface area contributed by atoms with Crippen LogP contribution in [0.3, 0.4) is 0 Å². The molecule has 0 saturated carbocycles. The number of nitrogens with zero attached hydrogens (tertiary/aromatic N) is 1. The van der Waals surface area contributed by atoms with Crippen LogP contribution in [0.2, 0.25) is 0 Å². The van der Waals surface area contributed by atoms with Crippen molar-refractivity contribution in [3.8, 4) is 0 Å². The van der Waals surface area contributed by atoms with Gasteiger partial charge in [0.2, 0.25) is 5.91 Å². The molecule has 0 atom stereocenters. The van der Waals surface area contributed by atoms with Crippen molar-refractivity contribution in [2.75, 3.05) is 20.1 Å². The number of halogens is 3. The smallest absolute Gasteiger partial charge is 0.228 e. The number of carbonyl (C=O) groups excluding carboxylic acids is 1. The molecule has 0 bridgehead atoms. The van der Waals surface area contributed by atoms with Gasteiger partial charge in [0.05, 0.1) is 5.92 Å². The maximum absolute atomic E-state index is 13.5. The Bertz CT molecular complexity index is 440. The lowest BCUT2D eigenvalue weighted by molar-refractivity contribution is -0.136. The minimum absolute atomic E-state index is 0. The molecule has 0 aromatic heterocycles. The number of carbonyl (C=O) groups is 1. The molecular weight excluding hydrogens is 322 g/mol. The Hall–Kier alpha value is -0.650. The lowest BCUT2D eigenvalue weighted by Crippen LogP contribution is -2.51. The van der Waals surface area contributed by atoms with Gasteiger partial charge < -0.3 is 10.2 Å². The number of benzene rings is 1. The van der Waals surface area contributed by atoms with Crippen molar-refractivity contribution >= 4 is 34.2 Å². The Balaban J connectivity index is 0.00000162. The Morgan fingerprint density at radius 1 is 1.56 bits per heavy atom. The monoisotopic (exact) mass is 336 g/mol. The Morgan fingerprint density at radius 2 is 2.22 bits per heavy atom. The summed E-state index contributed by atoms with van der Waals surface area (Å²) in [6, 6.07) is 4.76. The molecule has 1 aliphatic heterocycles. The third-order valence-corrected chi connectivity index (χ3v) is 3.42. The average Bonchev–Trinajstić information content (AvgIpc) is 2.21. The van der Waals surface area contributed by atoms with E-state index in [1.807, 2.05) is 0 Å². The molecule has 0 unspecified atom stereocenters. The number of nitrogens with one attached hydrogen (secondary N) is 1. The fraction of sp³-hybridized carbons (Fsp3) is 0.417. The van der Waals surface area contributed by atoms with Gasteiger partial charge in [-0.2, -0.15) is 0 Å². The predicted octanol–water partition coefficient (Wildman–Crippen LogP) is 2.19. The van der Waals surface area contributed by atoms with Crippen molar-refractivity contribution in [1.82, 2.24) is 10.2 Å². The third kappa shape index (κ3) is 3.43. The molecule has 1 amide bonds. The zero-order valence-electron chi connectivity index (χ0n) is 9.95. The standard InChI is InChI=1S/C12H14BrFN2O.ClH/c1-16(12(17)9-5-15-6-9)7-8-4-10(13)2-3-11(8)14;/h2-4,9,15H,5-7H2,1H3;1H. The van der Waals surface area contributed by atoms with Crippen molar-refractivity contribution in [2.24, 2.45) is 5.92 Å². The average molecular weight is 338 g/mol. The number of rotatable bonds is 3. The van der Waals surface area contributed by atoms with Gasteiger partial charge in [0.15, 0.2) is 0 Å². The molecule has 1 fully saturated rings. The lowest BCUT2D eigenvalue weighted by Gasteiger charge is -2.30. The fourth-order valence-electron chi connectivity index (χ4n) is 1.77. The third-order valence-electron chi connectivity index (χ3n) is 2.92. The summed E-state index contributed by atoms with van der Waals surface area (Å²) in [5.41, 5.74) is 0.530. The lowest BCUT2D eigenvalue weighted by atomic mass is 10.0. The fourth-order valence-corrected chi connectivity index (χ4v) is 2.18. The predicted molar refractivity (Wildman–Crippen MR) is 74.2 cm³/mol. The number of hydrogen-bond donors (Lipinski definition) is 1. The van der Waals surface area contributed by atoms with Crippen LogP contribution in [0, 0.1) is 11.7 Å². The summed E-state index contributed by atoms with van der Waals surface area (Å²) in [7, 11) is 1.71. The van der Waals surface area contributed by atoms with E-state index in [4.69, 9.17) is 0 Å². The first kappa shape index (κ1) is 15.4. The highest BCUT2D eigenvalue weighted by Gasteiger charge is 2.27. The van der Waals surface area contributed by atoms with Crippen molar-refractivity contribution in [3.05, 3.63) is 34.1 Å². The van der Waals surface area contributed by atoms with E-state index in [1.165, 1.54) is 6.07 Å². The van der Waals surface area contributed by atoms with E-state index in [9.17, 15) is 9.18 Å². The summed E-state index contributed by atoms with van der Waals surface area (Å²) in [6.45, 7) is 1.76. The quantitative estimate of drug-likeness (QED) is 0.917. The largest absolute Gasteiger partial charge is 0.341 e. The van der Waals surface area contributed by atoms with Gasteiger partial charge in [0.1, 0.15) is 5.82 Å². The maximum atomic E-state index is 13.5. The first-order valence-corrected chi connectivity index (χ1v) is 6.27. The summed E-state index contributed by atoms with van der Waals surface area (Å²) in [5.74, 6) is -0.155. The van der Waals surface area contributed by atoms with Crippen LogP contribution in [0.4, 0.5) is 4.39 Å². The molecule has 18 heavy (non-hydrogen) atoms. The van der Waals surface area contributed by atoms with Crippen LogP contribution in [-0.4, -0.2) is 30.9 Å². The maximum Gasteiger partial charge on any atom is 0.228 e. The van der Waals surface area contributed by atoms with Crippen molar-refractivity contribution in [1.29, 1.82) is 0 Å². The molecular formula is C12H15BrClFN2O. The topological polar surface area (TPSA) is 32.3 Å². The summed E-state index contributed by atoms with van der Waals surface area (Å²) in [4.78, 5) is 13.5. The van der Waals surface area contributed by atoms with E-state index in [2.05, 4.69) is 21.2 Å². The molecule has 0 aliphatic carbocycles. The summed E-state index contributed by atoms with van der Waals surface area (Å²) in [5, 5.41) is 3.05. The second-order valence-corrected chi connectivity index (χ2v) is 5.20. The van der Waals surface area contributed by atoms with Crippen molar-refractivity contribution in [2.45, 2.75) is 6.54 Å². The highest BCUT2D eigenvalue weighted by molar-refractivity contribution is 9.10. The first-order chi connectivity index (χ1) is 8.08. The van der Waals surface area contributed by atoms with Crippen molar-refractivity contribution < 1.29 is 9.18 Å². The van der Waals surface area contributed by atoms with Crippen LogP contribution in [-0.2, 0) is 11.3 Å². The second-order valence-electron chi connectivity index (χ2n) is 4.29.